The van der Waals surface area contributed by atoms with Crippen molar-refractivity contribution in [1.29, 1.82) is 0 Å². The molecule has 0 radical (unpaired) electrons. The average Bonchev–Trinajstić information content (AvgIpc) is 2.67. The summed E-state index contributed by atoms with van der Waals surface area (Å²) in [6.45, 7) is 7.80. The molecule has 6 heteroatoms. The molecule has 1 heterocycles. The van der Waals surface area contributed by atoms with E-state index in [0.717, 1.165) is 16.8 Å². The third kappa shape index (κ3) is 5.31. The second kappa shape index (κ2) is 8.31. The average molecular weight is 390 g/mol. The predicted octanol–water partition coefficient (Wildman–Crippen LogP) is 4.73. The smallest absolute Gasteiger partial charge is 0.270 e. The summed E-state index contributed by atoms with van der Waals surface area (Å²) < 4.78 is 5.45. The first-order chi connectivity index (χ1) is 13.7. The van der Waals surface area contributed by atoms with Crippen molar-refractivity contribution in [1.82, 2.24) is 15.3 Å². The minimum Gasteiger partial charge on any atom is -0.495 e. The number of amides is 1. The van der Waals surface area contributed by atoms with Gasteiger partial charge in [0.1, 0.15) is 17.3 Å². The zero-order chi connectivity index (χ0) is 21.0. The van der Waals surface area contributed by atoms with Crippen LogP contribution in [0.15, 0.2) is 54.6 Å². The molecule has 0 spiro atoms. The van der Waals surface area contributed by atoms with Gasteiger partial charge in [-0.1, -0.05) is 36.4 Å². The van der Waals surface area contributed by atoms with Crippen LogP contribution in [0.2, 0.25) is 0 Å². The van der Waals surface area contributed by atoms with Gasteiger partial charge < -0.3 is 15.4 Å². The number of benzene rings is 2. The van der Waals surface area contributed by atoms with Gasteiger partial charge in [-0.15, -0.1) is 0 Å². The van der Waals surface area contributed by atoms with Crippen molar-refractivity contribution in [3.8, 4) is 17.1 Å². The van der Waals surface area contributed by atoms with E-state index >= 15 is 0 Å². The third-order valence-electron chi connectivity index (χ3n) is 4.10. The van der Waals surface area contributed by atoms with Gasteiger partial charge in [0, 0.05) is 17.2 Å². The highest BCUT2D eigenvalue weighted by atomic mass is 16.5. The molecule has 1 aromatic heterocycles. The number of hydrogen-bond acceptors (Lipinski definition) is 5. The van der Waals surface area contributed by atoms with Crippen LogP contribution in [0.1, 0.15) is 36.8 Å². The lowest BCUT2D eigenvalue weighted by atomic mass is 10.1. The summed E-state index contributed by atoms with van der Waals surface area (Å²) >= 11 is 0. The van der Waals surface area contributed by atoms with Gasteiger partial charge >= 0.3 is 0 Å². The lowest BCUT2D eigenvalue weighted by Gasteiger charge is -2.20. The molecule has 3 aromatic rings. The van der Waals surface area contributed by atoms with E-state index in [2.05, 4.69) is 20.6 Å². The van der Waals surface area contributed by atoms with Crippen molar-refractivity contribution < 1.29 is 9.53 Å². The third-order valence-corrected chi connectivity index (χ3v) is 4.10. The minimum absolute atomic E-state index is 0.253. The second-order valence-electron chi connectivity index (χ2n) is 7.86. The molecule has 6 nitrogen and oxygen atoms in total. The van der Waals surface area contributed by atoms with Gasteiger partial charge in [-0.25, -0.2) is 9.97 Å². The quantitative estimate of drug-likeness (QED) is 0.658. The highest BCUT2D eigenvalue weighted by Crippen LogP contribution is 2.29. The predicted molar refractivity (Wildman–Crippen MR) is 116 cm³/mol. The number of aryl methyl sites for hydroxylation is 1. The maximum absolute atomic E-state index is 12.8. The van der Waals surface area contributed by atoms with Crippen molar-refractivity contribution in [2.75, 3.05) is 12.4 Å². The molecule has 0 unspecified atom stereocenters. The van der Waals surface area contributed by atoms with Gasteiger partial charge in [-0.05, 0) is 45.4 Å². The maximum atomic E-state index is 12.8. The Morgan fingerprint density at radius 1 is 1.00 bits per heavy atom. The van der Waals surface area contributed by atoms with Crippen LogP contribution in [0.5, 0.6) is 5.75 Å². The molecule has 0 atom stereocenters. The van der Waals surface area contributed by atoms with Crippen LogP contribution < -0.4 is 15.4 Å². The molecular weight excluding hydrogens is 364 g/mol. The molecule has 0 aliphatic carbocycles. The first-order valence-corrected chi connectivity index (χ1v) is 9.44. The first kappa shape index (κ1) is 20.3. The number of hydrogen-bond donors (Lipinski definition) is 2. The summed E-state index contributed by atoms with van der Waals surface area (Å²) in [5.74, 6) is 1.43. The Balaban J connectivity index is 2.05. The number of carbonyl (C=O) groups is 1. The number of aromatic nitrogens is 2. The SMILES string of the molecule is COc1ccc(C)cc1Nc1cc(C(=O)NC(C)(C)C)nc(-c2ccccc2)n1. The van der Waals surface area contributed by atoms with E-state index in [1.807, 2.05) is 76.2 Å². The van der Waals surface area contributed by atoms with Crippen molar-refractivity contribution in [3.63, 3.8) is 0 Å². The normalized spacial score (nSPS) is 11.1. The van der Waals surface area contributed by atoms with Crippen LogP contribution in [0, 0.1) is 6.92 Å². The number of anilines is 2. The summed E-state index contributed by atoms with van der Waals surface area (Å²) in [5, 5.41) is 6.23. The molecule has 0 fully saturated rings. The number of rotatable bonds is 5. The van der Waals surface area contributed by atoms with E-state index in [4.69, 9.17) is 4.74 Å². The maximum Gasteiger partial charge on any atom is 0.270 e. The molecule has 0 aliphatic rings. The molecule has 0 saturated carbocycles. The second-order valence-corrected chi connectivity index (χ2v) is 7.86. The molecule has 150 valence electrons. The summed E-state index contributed by atoms with van der Waals surface area (Å²) in [6, 6.07) is 17.1. The van der Waals surface area contributed by atoms with Crippen molar-refractivity contribution in [2.24, 2.45) is 0 Å². The Morgan fingerprint density at radius 3 is 2.38 bits per heavy atom. The highest BCUT2D eigenvalue weighted by Gasteiger charge is 2.19. The van der Waals surface area contributed by atoms with E-state index < -0.39 is 0 Å². The van der Waals surface area contributed by atoms with E-state index in [0.29, 0.717) is 23.1 Å². The fraction of sp³-hybridized carbons (Fsp3) is 0.261. The van der Waals surface area contributed by atoms with E-state index in [1.165, 1.54) is 0 Å². The molecule has 0 aliphatic heterocycles. The molecule has 2 aromatic carbocycles. The molecule has 0 saturated heterocycles. The molecule has 29 heavy (non-hydrogen) atoms. The monoisotopic (exact) mass is 390 g/mol. The summed E-state index contributed by atoms with van der Waals surface area (Å²) in [7, 11) is 1.62. The number of nitrogens with one attached hydrogen (secondary N) is 2. The zero-order valence-electron chi connectivity index (χ0n) is 17.4. The van der Waals surface area contributed by atoms with Gasteiger partial charge in [0.2, 0.25) is 0 Å². The lowest BCUT2D eigenvalue weighted by Crippen LogP contribution is -2.41. The lowest BCUT2D eigenvalue weighted by molar-refractivity contribution is 0.0914. The molecular formula is C23H26N4O2. The standard InChI is InChI=1S/C23H26N4O2/c1-15-11-12-19(29-5)17(13-15)24-20-14-18(22(28)27-23(2,3)4)25-21(26-20)16-9-7-6-8-10-16/h6-14H,1-5H3,(H,27,28)(H,24,25,26). The Morgan fingerprint density at radius 2 is 1.72 bits per heavy atom. The van der Waals surface area contributed by atoms with E-state index in [-0.39, 0.29) is 11.4 Å². The summed E-state index contributed by atoms with van der Waals surface area (Å²) in [4.78, 5) is 21.9. The highest BCUT2D eigenvalue weighted by molar-refractivity contribution is 5.94. The molecule has 1 amide bonds. The van der Waals surface area contributed by atoms with Gasteiger partial charge in [0.15, 0.2) is 5.82 Å². The zero-order valence-corrected chi connectivity index (χ0v) is 17.4. The first-order valence-electron chi connectivity index (χ1n) is 9.44. The Bertz CT molecular complexity index is 1010. The Kier molecular flexibility index (Phi) is 5.82. The van der Waals surface area contributed by atoms with Crippen LogP contribution in [-0.4, -0.2) is 28.5 Å². The number of methoxy groups -OCH3 is 1. The molecule has 0 bridgehead atoms. The van der Waals surface area contributed by atoms with Gasteiger partial charge in [-0.3, -0.25) is 4.79 Å². The number of nitrogens with zero attached hydrogens (tertiary/aromatic N) is 2. The summed E-state index contributed by atoms with van der Waals surface area (Å²) in [6.07, 6.45) is 0. The fourth-order valence-corrected chi connectivity index (χ4v) is 2.81. The van der Waals surface area contributed by atoms with Crippen molar-refractivity contribution in [3.05, 3.63) is 65.9 Å². The minimum atomic E-state index is -0.373. The van der Waals surface area contributed by atoms with E-state index in [1.54, 1.807) is 13.2 Å². The number of carbonyl (C=O) groups excluding carboxylic acids is 1. The summed E-state index contributed by atoms with van der Waals surface area (Å²) in [5.41, 5.74) is 2.60. The topological polar surface area (TPSA) is 76.1 Å². The van der Waals surface area contributed by atoms with Crippen LogP contribution in [-0.2, 0) is 0 Å². The number of ether oxygens (including phenoxy) is 1. The molecule has 2 N–H and O–H groups in total. The van der Waals surface area contributed by atoms with Crippen LogP contribution >= 0.6 is 0 Å². The van der Waals surface area contributed by atoms with Gasteiger partial charge in [0.25, 0.3) is 5.91 Å². The Labute approximate surface area is 171 Å². The van der Waals surface area contributed by atoms with Crippen LogP contribution in [0.25, 0.3) is 11.4 Å². The van der Waals surface area contributed by atoms with Gasteiger partial charge in [-0.2, -0.15) is 0 Å². The van der Waals surface area contributed by atoms with E-state index in [9.17, 15) is 4.79 Å². The van der Waals surface area contributed by atoms with Gasteiger partial charge in [0.05, 0.1) is 12.8 Å². The van der Waals surface area contributed by atoms with Crippen LogP contribution in [0.4, 0.5) is 11.5 Å². The van der Waals surface area contributed by atoms with Crippen molar-refractivity contribution in [2.45, 2.75) is 33.2 Å². The fourth-order valence-electron chi connectivity index (χ4n) is 2.81. The molecule has 3 rings (SSSR count). The van der Waals surface area contributed by atoms with Crippen LogP contribution in [0.3, 0.4) is 0 Å². The largest absolute Gasteiger partial charge is 0.495 e. The van der Waals surface area contributed by atoms with Crippen molar-refractivity contribution >= 4 is 17.4 Å². The Hall–Kier alpha value is -3.41.